The molecule has 1 aliphatic heterocycles. The number of aliphatic hydroxyl groups is 2. The van der Waals surface area contributed by atoms with Crippen molar-refractivity contribution in [3.05, 3.63) is 0 Å². The summed E-state index contributed by atoms with van der Waals surface area (Å²) in [5.41, 5.74) is 0.271. The molecule has 2 N–H and O–H groups in total. The van der Waals surface area contributed by atoms with Crippen LogP contribution >= 0.6 is 0 Å². The van der Waals surface area contributed by atoms with E-state index in [9.17, 15) is 10.2 Å². The molecule has 4 saturated carbocycles. The van der Waals surface area contributed by atoms with E-state index in [0.29, 0.717) is 48.7 Å². The van der Waals surface area contributed by atoms with E-state index < -0.39 is 5.79 Å². The first-order chi connectivity index (χ1) is 13.2. The molecule has 4 aliphatic carbocycles. The molecule has 4 nitrogen and oxygen atoms in total. The molecule has 1 heterocycles. The van der Waals surface area contributed by atoms with Gasteiger partial charge in [-0.05, 0) is 92.3 Å². The minimum absolute atomic E-state index is 0.0999. The molecule has 5 fully saturated rings. The molecule has 5 rings (SSSR count). The van der Waals surface area contributed by atoms with Gasteiger partial charge in [-0.15, -0.1) is 0 Å². The Kier molecular flexibility index (Phi) is 4.53. The van der Waals surface area contributed by atoms with E-state index in [1.54, 1.807) is 0 Å². The second kappa shape index (κ2) is 6.42. The second-order valence-electron chi connectivity index (χ2n) is 11.7. The fourth-order valence-corrected chi connectivity index (χ4v) is 9.31. The van der Waals surface area contributed by atoms with Crippen LogP contribution in [0.2, 0.25) is 0 Å². The first kappa shape index (κ1) is 19.8. The molecule has 0 bridgehead atoms. The van der Waals surface area contributed by atoms with Gasteiger partial charge in [0, 0.05) is 5.92 Å². The van der Waals surface area contributed by atoms with Gasteiger partial charge in [-0.25, -0.2) is 0 Å². The van der Waals surface area contributed by atoms with Gasteiger partial charge < -0.3 is 19.7 Å². The molecule has 0 unspecified atom stereocenters. The number of rotatable bonds is 1. The van der Waals surface area contributed by atoms with Gasteiger partial charge in [0.2, 0.25) is 0 Å². The SMILES string of the molecule is C[C@H]1C[C@@]2(C)[C@@H](CC[C@@H]3[C@@H]2[C@@H](O)C[C@]2(C)[C@@H](C4(C)OCCO4)CC[C@@H]32)C[C@@H]1O. The van der Waals surface area contributed by atoms with Crippen molar-refractivity contribution in [2.24, 2.45) is 46.3 Å². The molecule has 0 amide bonds. The number of hydrogen-bond donors (Lipinski definition) is 2. The summed E-state index contributed by atoms with van der Waals surface area (Å²) in [4.78, 5) is 0. The fourth-order valence-electron chi connectivity index (χ4n) is 9.31. The number of fused-ring (bicyclic) bond motifs is 5. The Balaban J connectivity index is 1.46. The lowest BCUT2D eigenvalue weighted by molar-refractivity contribution is -0.234. The summed E-state index contributed by atoms with van der Waals surface area (Å²) >= 11 is 0. The summed E-state index contributed by atoms with van der Waals surface area (Å²) in [5, 5.41) is 22.1. The van der Waals surface area contributed by atoms with E-state index in [1.165, 1.54) is 19.3 Å². The van der Waals surface area contributed by atoms with Crippen molar-refractivity contribution in [1.29, 1.82) is 0 Å². The van der Waals surface area contributed by atoms with E-state index in [2.05, 4.69) is 27.7 Å². The predicted molar refractivity (Wildman–Crippen MR) is 107 cm³/mol. The highest BCUT2D eigenvalue weighted by molar-refractivity contribution is 5.13. The zero-order valence-corrected chi connectivity index (χ0v) is 18.2. The Labute approximate surface area is 170 Å². The van der Waals surface area contributed by atoms with Gasteiger partial charge in [0.1, 0.15) is 0 Å². The van der Waals surface area contributed by atoms with Crippen molar-refractivity contribution in [1.82, 2.24) is 0 Å². The quantitative estimate of drug-likeness (QED) is 0.708. The standard InChI is InChI=1S/C24H40O4/c1-14-12-22(2)15(11-18(14)25)5-6-16-17-7-8-20(24(4)27-9-10-28-24)23(17,3)13-19(26)21(16)22/h14-21,25-26H,5-13H2,1-4H3/t14-,15-,16-,17-,18-,19-,20-,21+,22-,23-/m0/s1. The average Bonchev–Trinajstić information content (AvgIpc) is 3.19. The Hall–Kier alpha value is -0.160. The van der Waals surface area contributed by atoms with E-state index in [1.807, 2.05) is 0 Å². The zero-order valence-electron chi connectivity index (χ0n) is 18.2. The predicted octanol–water partition coefficient (Wildman–Crippen LogP) is 3.99. The number of aliphatic hydroxyl groups excluding tert-OH is 2. The first-order valence-electron chi connectivity index (χ1n) is 11.8. The van der Waals surface area contributed by atoms with E-state index >= 15 is 0 Å². The molecule has 0 aromatic carbocycles. The lowest BCUT2D eigenvalue weighted by Gasteiger charge is -2.63. The molecule has 0 radical (unpaired) electrons. The van der Waals surface area contributed by atoms with Crippen molar-refractivity contribution < 1.29 is 19.7 Å². The zero-order chi connectivity index (χ0) is 19.9. The van der Waals surface area contributed by atoms with Gasteiger partial charge in [-0.1, -0.05) is 20.8 Å². The molecular formula is C24H40O4. The maximum Gasteiger partial charge on any atom is 0.169 e. The van der Waals surface area contributed by atoms with Crippen molar-refractivity contribution in [2.75, 3.05) is 13.2 Å². The van der Waals surface area contributed by atoms with Crippen molar-refractivity contribution in [3.8, 4) is 0 Å². The Morgan fingerprint density at radius 2 is 1.54 bits per heavy atom. The summed E-state index contributed by atoms with van der Waals surface area (Å²) < 4.78 is 12.2. The Morgan fingerprint density at radius 1 is 0.821 bits per heavy atom. The summed E-state index contributed by atoms with van der Waals surface area (Å²) in [6, 6.07) is 0. The van der Waals surface area contributed by atoms with E-state index in [-0.39, 0.29) is 23.0 Å². The van der Waals surface area contributed by atoms with E-state index in [4.69, 9.17) is 9.47 Å². The minimum atomic E-state index is -0.472. The summed E-state index contributed by atoms with van der Waals surface area (Å²) in [6.45, 7) is 10.6. The third-order valence-electron chi connectivity index (χ3n) is 10.4. The molecule has 10 atom stereocenters. The van der Waals surface area contributed by atoms with Crippen molar-refractivity contribution >= 4 is 0 Å². The van der Waals surface area contributed by atoms with E-state index in [0.717, 1.165) is 25.7 Å². The van der Waals surface area contributed by atoms with Crippen LogP contribution in [0.15, 0.2) is 0 Å². The van der Waals surface area contributed by atoms with Crippen LogP contribution in [-0.2, 0) is 9.47 Å². The highest BCUT2D eigenvalue weighted by atomic mass is 16.7. The summed E-state index contributed by atoms with van der Waals surface area (Å²) in [7, 11) is 0. The highest BCUT2D eigenvalue weighted by Gasteiger charge is 2.66. The van der Waals surface area contributed by atoms with Gasteiger partial charge in [0.15, 0.2) is 5.79 Å². The third-order valence-corrected chi connectivity index (χ3v) is 10.4. The van der Waals surface area contributed by atoms with Gasteiger partial charge in [0.25, 0.3) is 0 Å². The second-order valence-corrected chi connectivity index (χ2v) is 11.7. The van der Waals surface area contributed by atoms with Crippen molar-refractivity contribution in [2.45, 2.75) is 90.6 Å². The van der Waals surface area contributed by atoms with Crippen LogP contribution in [0.4, 0.5) is 0 Å². The topological polar surface area (TPSA) is 58.9 Å². The number of hydrogen-bond acceptors (Lipinski definition) is 4. The molecule has 1 saturated heterocycles. The monoisotopic (exact) mass is 392 g/mol. The molecule has 5 aliphatic rings. The van der Waals surface area contributed by atoms with Gasteiger partial charge >= 0.3 is 0 Å². The maximum atomic E-state index is 11.6. The first-order valence-corrected chi connectivity index (χ1v) is 11.8. The lowest BCUT2D eigenvalue weighted by atomic mass is 9.43. The molecule has 0 spiro atoms. The minimum Gasteiger partial charge on any atom is -0.393 e. The Bertz CT molecular complexity index is 616. The highest BCUT2D eigenvalue weighted by Crippen LogP contribution is 2.69. The molecule has 0 aromatic rings. The van der Waals surface area contributed by atoms with Crippen LogP contribution in [0.1, 0.15) is 72.6 Å². The maximum absolute atomic E-state index is 11.6. The van der Waals surface area contributed by atoms with Crippen LogP contribution in [0.5, 0.6) is 0 Å². The normalized spacial score (nSPS) is 58.1. The third kappa shape index (κ3) is 2.57. The molecule has 28 heavy (non-hydrogen) atoms. The van der Waals surface area contributed by atoms with Crippen LogP contribution in [0, 0.1) is 46.3 Å². The molecular weight excluding hydrogens is 352 g/mol. The molecule has 160 valence electrons. The van der Waals surface area contributed by atoms with Crippen LogP contribution in [0.3, 0.4) is 0 Å². The summed E-state index contributed by atoms with van der Waals surface area (Å²) in [5.74, 6) is 2.46. The van der Waals surface area contributed by atoms with Gasteiger partial charge in [-0.2, -0.15) is 0 Å². The molecule has 0 aromatic heterocycles. The molecule has 4 heteroatoms. The van der Waals surface area contributed by atoms with Crippen molar-refractivity contribution in [3.63, 3.8) is 0 Å². The van der Waals surface area contributed by atoms with Crippen LogP contribution in [-0.4, -0.2) is 41.4 Å². The van der Waals surface area contributed by atoms with Crippen LogP contribution < -0.4 is 0 Å². The number of ether oxygens (including phenoxy) is 2. The summed E-state index contributed by atoms with van der Waals surface area (Å²) in [6.07, 6.45) is 7.31. The lowest BCUT2D eigenvalue weighted by Crippen LogP contribution is -2.61. The van der Waals surface area contributed by atoms with Gasteiger partial charge in [0.05, 0.1) is 25.4 Å². The van der Waals surface area contributed by atoms with Gasteiger partial charge in [-0.3, -0.25) is 0 Å². The fraction of sp³-hybridized carbons (Fsp3) is 1.00. The Morgan fingerprint density at radius 3 is 2.25 bits per heavy atom. The average molecular weight is 393 g/mol. The largest absolute Gasteiger partial charge is 0.393 e. The smallest absolute Gasteiger partial charge is 0.169 e. The van der Waals surface area contributed by atoms with Crippen LogP contribution in [0.25, 0.3) is 0 Å².